The molecule has 8 heteroatoms. The summed E-state index contributed by atoms with van der Waals surface area (Å²) >= 11 is 0. The molecule has 1 fully saturated rings. The van der Waals surface area contributed by atoms with E-state index in [0.29, 0.717) is 5.95 Å². The average molecular weight is 327 g/mol. The van der Waals surface area contributed by atoms with Gasteiger partial charge in [-0.3, -0.25) is 9.78 Å². The van der Waals surface area contributed by atoms with Gasteiger partial charge in [0, 0.05) is 19.3 Å². The Bertz CT molecular complexity index is 1020. The molecule has 24 heavy (non-hydrogen) atoms. The van der Waals surface area contributed by atoms with E-state index in [0.717, 1.165) is 30.5 Å². The first-order valence-electron chi connectivity index (χ1n) is 7.66. The van der Waals surface area contributed by atoms with Crippen molar-refractivity contribution in [3.8, 4) is 5.69 Å². The number of anilines is 1. The monoisotopic (exact) mass is 327 g/mol. The van der Waals surface area contributed by atoms with Crippen LogP contribution in [0.1, 0.15) is 12.8 Å². The molecule has 0 aliphatic carbocycles. The third-order valence-electron chi connectivity index (χ3n) is 4.11. The van der Waals surface area contributed by atoms with Crippen LogP contribution < -0.4 is 16.1 Å². The molecule has 0 radical (unpaired) electrons. The molecule has 0 atom stereocenters. The van der Waals surface area contributed by atoms with Gasteiger partial charge in [0.05, 0.1) is 5.69 Å². The molecule has 122 valence electrons. The number of hydrogen-bond acceptors (Lipinski definition) is 5. The predicted molar refractivity (Wildman–Crippen MR) is 87.2 cm³/mol. The van der Waals surface area contributed by atoms with Gasteiger partial charge in [-0.1, -0.05) is 0 Å². The second kappa shape index (κ2) is 5.55. The number of nitrogens with zero attached hydrogens (tertiary/aromatic N) is 4. The lowest BCUT2D eigenvalue weighted by atomic mass is 10.3. The molecule has 1 N–H and O–H groups in total. The maximum absolute atomic E-state index is 13.1. The minimum Gasteiger partial charge on any atom is -0.341 e. The molecule has 1 saturated heterocycles. The Morgan fingerprint density at radius 1 is 1.08 bits per heavy atom. The number of aromatic nitrogens is 4. The van der Waals surface area contributed by atoms with E-state index < -0.39 is 17.1 Å². The van der Waals surface area contributed by atoms with E-state index in [1.165, 1.54) is 30.5 Å². The van der Waals surface area contributed by atoms with Gasteiger partial charge in [0.15, 0.2) is 5.65 Å². The van der Waals surface area contributed by atoms with Crippen molar-refractivity contribution in [3.05, 3.63) is 57.1 Å². The second-order valence-electron chi connectivity index (χ2n) is 5.67. The van der Waals surface area contributed by atoms with Crippen LogP contribution in [0.25, 0.3) is 16.7 Å². The van der Waals surface area contributed by atoms with Crippen molar-refractivity contribution >= 4 is 17.0 Å². The highest BCUT2D eigenvalue weighted by Crippen LogP contribution is 2.16. The van der Waals surface area contributed by atoms with Crippen LogP contribution in [0.2, 0.25) is 0 Å². The molecule has 1 aliphatic rings. The molecular weight excluding hydrogens is 313 g/mol. The van der Waals surface area contributed by atoms with E-state index >= 15 is 0 Å². The van der Waals surface area contributed by atoms with Crippen LogP contribution in [0, 0.1) is 5.82 Å². The van der Waals surface area contributed by atoms with Crippen LogP contribution in [0.4, 0.5) is 10.3 Å². The Morgan fingerprint density at radius 2 is 1.79 bits per heavy atom. The Hall–Kier alpha value is -3.03. The zero-order chi connectivity index (χ0) is 16.7. The fourth-order valence-corrected chi connectivity index (χ4v) is 2.89. The van der Waals surface area contributed by atoms with Crippen LogP contribution in [0.15, 0.2) is 40.1 Å². The largest absolute Gasteiger partial charge is 0.341 e. The topological polar surface area (TPSA) is 83.9 Å². The van der Waals surface area contributed by atoms with E-state index in [1.54, 1.807) is 0 Å². The van der Waals surface area contributed by atoms with Gasteiger partial charge < -0.3 is 4.90 Å². The van der Waals surface area contributed by atoms with Crippen molar-refractivity contribution < 1.29 is 4.39 Å². The second-order valence-corrected chi connectivity index (χ2v) is 5.67. The average Bonchev–Trinajstić information content (AvgIpc) is 3.10. The SMILES string of the molecule is O=c1[nH]c2nc(N3CCCC3)ncc2c(=O)n1-c1ccc(F)cc1. The van der Waals surface area contributed by atoms with Gasteiger partial charge in [0.25, 0.3) is 5.56 Å². The minimum atomic E-state index is -0.620. The summed E-state index contributed by atoms with van der Waals surface area (Å²) in [5.74, 6) is 0.0668. The number of fused-ring (bicyclic) bond motifs is 1. The molecule has 3 aromatic rings. The number of halogens is 1. The number of aromatic amines is 1. The summed E-state index contributed by atoms with van der Waals surface area (Å²) in [7, 11) is 0. The molecular formula is C16H14FN5O2. The Labute approximate surface area is 135 Å². The molecule has 0 spiro atoms. The highest BCUT2D eigenvalue weighted by atomic mass is 19.1. The maximum atomic E-state index is 13.1. The normalized spacial score (nSPS) is 14.5. The van der Waals surface area contributed by atoms with Gasteiger partial charge in [0.1, 0.15) is 11.2 Å². The summed E-state index contributed by atoms with van der Waals surface area (Å²) in [4.78, 5) is 38.1. The number of benzene rings is 1. The lowest BCUT2D eigenvalue weighted by molar-refractivity contribution is 0.627. The summed E-state index contributed by atoms with van der Waals surface area (Å²) in [6.07, 6.45) is 3.57. The summed E-state index contributed by atoms with van der Waals surface area (Å²) < 4.78 is 14.0. The molecule has 0 unspecified atom stereocenters. The van der Waals surface area contributed by atoms with Crippen molar-refractivity contribution in [2.45, 2.75) is 12.8 Å². The van der Waals surface area contributed by atoms with Gasteiger partial charge in [-0.25, -0.2) is 18.7 Å². The van der Waals surface area contributed by atoms with Gasteiger partial charge in [0.2, 0.25) is 5.95 Å². The molecule has 1 aliphatic heterocycles. The smallest absolute Gasteiger partial charge is 0.334 e. The van der Waals surface area contributed by atoms with E-state index in [2.05, 4.69) is 15.0 Å². The maximum Gasteiger partial charge on any atom is 0.334 e. The zero-order valence-electron chi connectivity index (χ0n) is 12.7. The first-order valence-corrected chi connectivity index (χ1v) is 7.66. The van der Waals surface area contributed by atoms with Crippen LogP contribution in [-0.2, 0) is 0 Å². The molecule has 0 bridgehead atoms. The quantitative estimate of drug-likeness (QED) is 0.765. The zero-order valence-corrected chi connectivity index (χ0v) is 12.7. The third-order valence-corrected chi connectivity index (χ3v) is 4.11. The van der Waals surface area contributed by atoms with Gasteiger partial charge in [-0.2, -0.15) is 4.98 Å². The van der Waals surface area contributed by atoms with Crippen molar-refractivity contribution in [1.82, 2.24) is 19.5 Å². The Kier molecular flexibility index (Phi) is 3.37. The summed E-state index contributed by atoms with van der Waals surface area (Å²) in [5, 5.41) is 0.210. The number of H-pyrrole nitrogens is 1. The van der Waals surface area contributed by atoms with Gasteiger partial charge in [-0.15, -0.1) is 0 Å². The molecule has 4 rings (SSSR count). The van der Waals surface area contributed by atoms with Gasteiger partial charge >= 0.3 is 5.69 Å². The Balaban J connectivity index is 1.88. The fourth-order valence-electron chi connectivity index (χ4n) is 2.89. The van der Waals surface area contributed by atoms with Crippen LogP contribution >= 0.6 is 0 Å². The molecule has 2 aromatic heterocycles. The lowest BCUT2D eigenvalue weighted by Gasteiger charge is -2.15. The van der Waals surface area contributed by atoms with Crippen LogP contribution in [-0.4, -0.2) is 32.6 Å². The van der Waals surface area contributed by atoms with E-state index in [9.17, 15) is 14.0 Å². The molecule has 7 nitrogen and oxygen atoms in total. The lowest BCUT2D eigenvalue weighted by Crippen LogP contribution is -2.34. The molecule has 0 amide bonds. The van der Waals surface area contributed by atoms with Crippen molar-refractivity contribution in [3.63, 3.8) is 0 Å². The molecule has 0 saturated carbocycles. The first kappa shape index (κ1) is 14.6. The van der Waals surface area contributed by atoms with E-state index in [-0.39, 0.29) is 16.7 Å². The van der Waals surface area contributed by atoms with Gasteiger partial charge in [-0.05, 0) is 37.1 Å². The first-order chi connectivity index (χ1) is 11.6. The van der Waals surface area contributed by atoms with Crippen LogP contribution in [0.5, 0.6) is 0 Å². The summed E-state index contributed by atoms with van der Waals surface area (Å²) in [5.41, 5.74) is -0.660. The van der Waals surface area contributed by atoms with E-state index in [1.807, 2.05) is 4.90 Å². The number of hydrogen-bond donors (Lipinski definition) is 1. The van der Waals surface area contributed by atoms with Crippen molar-refractivity contribution in [2.24, 2.45) is 0 Å². The molecule has 1 aromatic carbocycles. The highest BCUT2D eigenvalue weighted by Gasteiger charge is 2.17. The minimum absolute atomic E-state index is 0.209. The van der Waals surface area contributed by atoms with Crippen molar-refractivity contribution in [1.29, 1.82) is 0 Å². The molecule has 3 heterocycles. The highest BCUT2D eigenvalue weighted by molar-refractivity contribution is 5.73. The Morgan fingerprint density at radius 3 is 2.50 bits per heavy atom. The third kappa shape index (κ3) is 2.36. The predicted octanol–water partition coefficient (Wildman–Crippen LogP) is 1.21. The van der Waals surface area contributed by atoms with Crippen molar-refractivity contribution in [2.75, 3.05) is 18.0 Å². The summed E-state index contributed by atoms with van der Waals surface area (Å²) in [6.45, 7) is 1.73. The van der Waals surface area contributed by atoms with E-state index in [4.69, 9.17) is 0 Å². The summed E-state index contributed by atoms with van der Waals surface area (Å²) in [6, 6.07) is 5.13. The number of rotatable bonds is 2. The standard InChI is InChI=1S/C16H14FN5O2/c17-10-3-5-11(6-4-10)22-14(23)12-9-18-15(21-7-1-2-8-21)19-13(12)20-16(22)24/h3-6,9H,1-2,7-8H2,(H,18,19,20,24). The van der Waals surface area contributed by atoms with Crippen LogP contribution in [0.3, 0.4) is 0 Å². The number of nitrogens with one attached hydrogen (secondary N) is 1. The fraction of sp³-hybridized carbons (Fsp3) is 0.250.